The van der Waals surface area contributed by atoms with E-state index in [-0.39, 0.29) is 24.0 Å². The molecule has 0 unspecified atom stereocenters. The van der Waals surface area contributed by atoms with Gasteiger partial charge < -0.3 is 4.74 Å². The van der Waals surface area contributed by atoms with Crippen molar-refractivity contribution in [2.24, 2.45) is 0 Å². The molecular weight excluding hydrogens is 206 g/mol. The van der Waals surface area contributed by atoms with Gasteiger partial charge in [0, 0.05) is 6.04 Å². The maximum atomic E-state index is 11.9. The Balaban J connectivity index is 2.76. The largest absolute Gasteiger partial charge is 0.444 e. The molecule has 0 spiro atoms. The zero-order chi connectivity index (χ0) is 12.5. The Morgan fingerprint density at radius 2 is 1.81 bits per heavy atom. The smallest absolute Gasteiger partial charge is 0.411 e. The minimum Gasteiger partial charge on any atom is -0.444 e. The highest BCUT2D eigenvalue weighted by atomic mass is 16.6. The number of Topliss-reactive ketones (excluding diaryl/α,β-unsaturated/α-hetero) is 1. The lowest BCUT2D eigenvalue weighted by Crippen LogP contribution is -2.45. The lowest BCUT2D eigenvalue weighted by atomic mass is 10.1. The molecule has 0 aromatic heterocycles. The third-order valence-corrected chi connectivity index (χ3v) is 2.74. The van der Waals surface area contributed by atoms with Crippen LogP contribution < -0.4 is 0 Å². The van der Waals surface area contributed by atoms with Crippen LogP contribution in [0.4, 0.5) is 4.79 Å². The summed E-state index contributed by atoms with van der Waals surface area (Å²) in [5, 5.41) is 0. The van der Waals surface area contributed by atoms with Crippen molar-refractivity contribution in [1.29, 1.82) is 0 Å². The highest BCUT2D eigenvalue weighted by molar-refractivity contribution is 5.86. The zero-order valence-corrected chi connectivity index (χ0v) is 10.7. The Bertz CT molecular complexity index is 293. The normalized spacial score (nSPS) is 25.7. The van der Waals surface area contributed by atoms with Crippen molar-refractivity contribution in [3.8, 4) is 0 Å². The number of ether oxygens (including phenoxy) is 1. The number of nitrogens with zero attached hydrogens (tertiary/aromatic N) is 1. The van der Waals surface area contributed by atoms with E-state index in [9.17, 15) is 9.59 Å². The van der Waals surface area contributed by atoms with E-state index in [4.69, 9.17) is 4.74 Å². The molecule has 0 N–H and O–H groups in total. The molecule has 1 heterocycles. The van der Waals surface area contributed by atoms with Crippen molar-refractivity contribution >= 4 is 11.9 Å². The van der Waals surface area contributed by atoms with E-state index in [0.717, 1.165) is 12.8 Å². The first-order valence-corrected chi connectivity index (χ1v) is 5.74. The maximum Gasteiger partial charge on any atom is 0.411 e. The van der Waals surface area contributed by atoms with Gasteiger partial charge >= 0.3 is 6.09 Å². The molecule has 2 atom stereocenters. The predicted octanol–water partition coefficient (Wildman–Crippen LogP) is 2.36. The minimum absolute atomic E-state index is 0.0372. The van der Waals surface area contributed by atoms with Crippen molar-refractivity contribution < 1.29 is 14.3 Å². The number of carbonyl (C=O) groups excluding carboxylic acids is 2. The Morgan fingerprint density at radius 1 is 1.25 bits per heavy atom. The van der Waals surface area contributed by atoms with Gasteiger partial charge in [0.05, 0.1) is 6.04 Å². The molecule has 0 aliphatic carbocycles. The van der Waals surface area contributed by atoms with Crippen molar-refractivity contribution in [1.82, 2.24) is 4.90 Å². The Hall–Kier alpha value is -1.06. The van der Waals surface area contributed by atoms with Crippen LogP contribution in [0.3, 0.4) is 0 Å². The van der Waals surface area contributed by atoms with Crippen molar-refractivity contribution in [2.45, 2.75) is 65.1 Å². The summed E-state index contributed by atoms with van der Waals surface area (Å²) in [5.74, 6) is 0.0372. The monoisotopic (exact) mass is 227 g/mol. The summed E-state index contributed by atoms with van der Waals surface area (Å²) in [6.45, 7) is 8.96. The second-order valence-electron chi connectivity index (χ2n) is 5.44. The SMILES string of the molecule is CC(=O)[C@@H]1CC[C@H](C)N1C(=O)OC(C)(C)C. The first kappa shape index (κ1) is 13.0. The van der Waals surface area contributed by atoms with Crippen LogP contribution in [0.15, 0.2) is 0 Å². The van der Waals surface area contributed by atoms with Crippen LogP contribution in [0.2, 0.25) is 0 Å². The van der Waals surface area contributed by atoms with Crippen molar-refractivity contribution in [3.63, 3.8) is 0 Å². The van der Waals surface area contributed by atoms with E-state index in [0.29, 0.717) is 0 Å². The second kappa shape index (κ2) is 4.44. The highest BCUT2D eigenvalue weighted by Crippen LogP contribution is 2.26. The molecule has 1 saturated heterocycles. The Morgan fingerprint density at radius 3 is 2.25 bits per heavy atom. The molecule has 1 aliphatic heterocycles. The number of carbonyl (C=O) groups is 2. The van der Waals surface area contributed by atoms with Gasteiger partial charge in [-0.15, -0.1) is 0 Å². The first-order valence-electron chi connectivity index (χ1n) is 5.74. The molecule has 0 radical (unpaired) electrons. The molecule has 1 aliphatic rings. The fourth-order valence-electron chi connectivity index (χ4n) is 2.01. The van der Waals surface area contributed by atoms with E-state index in [1.807, 2.05) is 27.7 Å². The average molecular weight is 227 g/mol. The molecular formula is C12H21NO3. The Labute approximate surface area is 96.9 Å². The molecule has 1 amide bonds. The molecule has 0 aromatic rings. The van der Waals surface area contributed by atoms with Crippen LogP contribution in [-0.4, -0.2) is 34.5 Å². The quantitative estimate of drug-likeness (QED) is 0.691. The lowest BCUT2D eigenvalue weighted by molar-refractivity contribution is -0.121. The standard InChI is InChI=1S/C12H21NO3/c1-8-6-7-10(9(2)14)13(8)11(15)16-12(3,4)5/h8,10H,6-7H2,1-5H3/t8-,10-/m0/s1. The zero-order valence-electron chi connectivity index (χ0n) is 10.7. The number of amides is 1. The molecule has 4 nitrogen and oxygen atoms in total. The van der Waals surface area contributed by atoms with Crippen LogP contribution in [0.5, 0.6) is 0 Å². The van der Waals surface area contributed by atoms with Gasteiger partial charge in [-0.1, -0.05) is 0 Å². The van der Waals surface area contributed by atoms with Gasteiger partial charge in [-0.2, -0.15) is 0 Å². The first-order chi connectivity index (χ1) is 7.22. The van der Waals surface area contributed by atoms with Crippen LogP contribution >= 0.6 is 0 Å². The number of hydrogen-bond acceptors (Lipinski definition) is 3. The van der Waals surface area contributed by atoms with Gasteiger partial charge in [0.15, 0.2) is 5.78 Å². The van der Waals surface area contributed by atoms with E-state index in [2.05, 4.69) is 0 Å². The fourth-order valence-corrected chi connectivity index (χ4v) is 2.01. The fraction of sp³-hybridized carbons (Fsp3) is 0.833. The molecule has 0 saturated carbocycles. The van der Waals surface area contributed by atoms with Crippen LogP contribution in [-0.2, 0) is 9.53 Å². The van der Waals surface area contributed by atoms with Gasteiger partial charge in [0.2, 0.25) is 0 Å². The molecule has 1 fully saturated rings. The molecule has 92 valence electrons. The number of hydrogen-bond donors (Lipinski definition) is 0. The van der Waals surface area contributed by atoms with Gasteiger partial charge in [0.25, 0.3) is 0 Å². The molecule has 4 heteroatoms. The third-order valence-electron chi connectivity index (χ3n) is 2.74. The van der Waals surface area contributed by atoms with E-state index >= 15 is 0 Å². The topological polar surface area (TPSA) is 46.6 Å². The maximum absolute atomic E-state index is 11.9. The van der Waals surface area contributed by atoms with Gasteiger partial charge in [-0.25, -0.2) is 4.79 Å². The van der Waals surface area contributed by atoms with Crippen molar-refractivity contribution in [2.75, 3.05) is 0 Å². The molecule has 1 rings (SSSR count). The molecule has 16 heavy (non-hydrogen) atoms. The lowest BCUT2D eigenvalue weighted by Gasteiger charge is -2.30. The summed E-state index contributed by atoms with van der Waals surface area (Å²) < 4.78 is 5.31. The number of rotatable bonds is 1. The highest BCUT2D eigenvalue weighted by Gasteiger charge is 2.39. The number of ketones is 1. The summed E-state index contributed by atoms with van der Waals surface area (Å²) in [6, 6.07) is -0.214. The molecule has 0 aromatic carbocycles. The van der Waals surface area contributed by atoms with Crippen molar-refractivity contribution in [3.05, 3.63) is 0 Å². The summed E-state index contributed by atoms with van der Waals surface area (Å²) in [7, 11) is 0. The van der Waals surface area contributed by atoms with Crippen LogP contribution in [0.25, 0.3) is 0 Å². The van der Waals surface area contributed by atoms with Gasteiger partial charge in [0.1, 0.15) is 5.60 Å². The van der Waals surface area contributed by atoms with Gasteiger partial charge in [-0.05, 0) is 47.5 Å². The third kappa shape index (κ3) is 2.97. The van der Waals surface area contributed by atoms with Crippen LogP contribution in [0, 0.1) is 0 Å². The second-order valence-corrected chi connectivity index (χ2v) is 5.44. The minimum atomic E-state index is -0.513. The van der Waals surface area contributed by atoms with E-state index in [1.165, 1.54) is 6.92 Å². The summed E-state index contributed by atoms with van der Waals surface area (Å²) in [4.78, 5) is 24.9. The molecule has 0 bridgehead atoms. The van der Waals surface area contributed by atoms with Crippen LogP contribution in [0.1, 0.15) is 47.5 Å². The summed E-state index contributed by atoms with van der Waals surface area (Å²) in [6.07, 6.45) is 1.23. The predicted molar refractivity (Wildman–Crippen MR) is 61.2 cm³/mol. The summed E-state index contributed by atoms with van der Waals surface area (Å²) >= 11 is 0. The summed E-state index contributed by atoms with van der Waals surface area (Å²) in [5.41, 5.74) is -0.513. The number of likely N-dealkylation sites (tertiary alicyclic amines) is 1. The van der Waals surface area contributed by atoms with E-state index < -0.39 is 5.60 Å². The average Bonchev–Trinajstić information content (AvgIpc) is 2.43. The van der Waals surface area contributed by atoms with E-state index in [1.54, 1.807) is 4.90 Å². The van der Waals surface area contributed by atoms with Gasteiger partial charge in [-0.3, -0.25) is 9.69 Å². The Kier molecular flexibility index (Phi) is 3.61.